The highest BCUT2D eigenvalue weighted by Gasteiger charge is 2.18. The van der Waals surface area contributed by atoms with Crippen molar-refractivity contribution in [2.45, 2.75) is 53.6 Å². The number of hydrogen-bond donors (Lipinski definition) is 0. The SMILES string of the molecule is Cc1cc(C)[n+](C(C)C)c(=S)n1C(C)C. The lowest BCUT2D eigenvalue weighted by Crippen LogP contribution is -2.44. The zero-order valence-electron chi connectivity index (χ0n) is 10.5. The average molecular weight is 225 g/mol. The first kappa shape index (κ1) is 12.4. The quantitative estimate of drug-likeness (QED) is 0.554. The van der Waals surface area contributed by atoms with Gasteiger partial charge in [0.05, 0.1) is 12.1 Å². The molecule has 0 bridgehead atoms. The molecule has 0 radical (unpaired) electrons. The minimum Gasteiger partial charge on any atom is -0.219 e. The molecule has 0 amide bonds. The van der Waals surface area contributed by atoms with Crippen molar-refractivity contribution >= 4 is 12.2 Å². The van der Waals surface area contributed by atoms with Crippen LogP contribution in [0.3, 0.4) is 0 Å². The van der Waals surface area contributed by atoms with Crippen molar-refractivity contribution in [3.05, 3.63) is 22.2 Å². The Balaban J connectivity index is 3.57. The Morgan fingerprint density at radius 3 is 2.13 bits per heavy atom. The largest absolute Gasteiger partial charge is 0.351 e. The van der Waals surface area contributed by atoms with Crippen LogP contribution in [0.2, 0.25) is 0 Å². The van der Waals surface area contributed by atoms with Gasteiger partial charge >= 0.3 is 4.77 Å². The highest BCUT2D eigenvalue weighted by Crippen LogP contribution is 2.11. The van der Waals surface area contributed by atoms with E-state index in [1.165, 1.54) is 11.4 Å². The molecule has 0 saturated heterocycles. The van der Waals surface area contributed by atoms with Crippen LogP contribution in [0.4, 0.5) is 0 Å². The summed E-state index contributed by atoms with van der Waals surface area (Å²) in [4.78, 5) is 0. The minimum absolute atomic E-state index is 0.420. The molecule has 0 aliphatic heterocycles. The Hall–Kier alpha value is -0.700. The normalized spacial score (nSPS) is 11.5. The average Bonchev–Trinajstić information content (AvgIpc) is 1.99. The fourth-order valence-corrected chi connectivity index (χ4v) is 2.83. The smallest absolute Gasteiger partial charge is 0.219 e. The summed E-state index contributed by atoms with van der Waals surface area (Å²) in [5, 5.41) is 0. The molecule has 0 saturated carbocycles. The van der Waals surface area contributed by atoms with Crippen LogP contribution in [0.1, 0.15) is 51.2 Å². The maximum absolute atomic E-state index is 5.55. The van der Waals surface area contributed by atoms with Crippen molar-refractivity contribution in [2.24, 2.45) is 0 Å². The van der Waals surface area contributed by atoms with Gasteiger partial charge in [-0.3, -0.25) is 0 Å². The fraction of sp³-hybridized carbons (Fsp3) is 0.667. The lowest BCUT2D eigenvalue weighted by molar-refractivity contribution is -0.732. The summed E-state index contributed by atoms with van der Waals surface area (Å²) >= 11 is 5.55. The summed E-state index contributed by atoms with van der Waals surface area (Å²) in [5.41, 5.74) is 2.48. The third-order valence-corrected chi connectivity index (χ3v) is 3.02. The van der Waals surface area contributed by atoms with E-state index in [-0.39, 0.29) is 0 Å². The van der Waals surface area contributed by atoms with E-state index in [4.69, 9.17) is 12.2 Å². The molecule has 0 unspecified atom stereocenters. The van der Waals surface area contributed by atoms with Gasteiger partial charge < -0.3 is 0 Å². The second kappa shape index (κ2) is 4.44. The molecule has 0 aliphatic carbocycles. The predicted molar refractivity (Wildman–Crippen MR) is 65.7 cm³/mol. The van der Waals surface area contributed by atoms with Crippen LogP contribution in [-0.2, 0) is 0 Å². The third kappa shape index (κ3) is 2.28. The van der Waals surface area contributed by atoms with E-state index in [1.54, 1.807) is 0 Å². The van der Waals surface area contributed by atoms with E-state index >= 15 is 0 Å². The minimum atomic E-state index is 0.420. The summed E-state index contributed by atoms with van der Waals surface area (Å²) in [6.45, 7) is 12.9. The number of aromatic nitrogens is 2. The number of aryl methyl sites for hydroxylation is 2. The molecule has 84 valence electrons. The fourth-order valence-electron chi connectivity index (χ4n) is 2.12. The molecule has 0 aromatic carbocycles. The second-order valence-electron chi connectivity index (χ2n) is 4.64. The van der Waals surface area contributed by atoms with E-state index in [0.717, 1.165) is 4.77 Å². The molecule has 1 heterocycles. The van der Waals surface area contributed by atoms with Crippen LogP contribution in [0.25, 0.3) is 0 Å². The molecule has 0 aliphatic rings. The Kier molecular flexibility index (Phi) is 3.66. The maximum Gasteiger partial charge on any atom is 0.351 e. The van der Waals surface area contributed by atoms with Crippen molar-refractivity contribution in [1.29, 1.82) is 0 Å². The highest BCUT2D eigenvalue weighted by atomic mass is 32.1. The molecule has 1 aromatic rings. The predicted octanol–water partition coefficient (Wildman–Crippen LogP) is 3.28. The van der Waals surface area contributed by atoms with Crippen LogP contribution in [0, 0.1) is 18.6 Å². The van der Waals surface area contributed by atoms with Crippen molar-refractivity contribution in [2.75, 3.05) is 0 Å². The zero-order valence-corrected chi connectivity index (χ0v) is 11.4. The molecule has 0 atom stereocenters. The molecule has 1 aromatic heterocycles. The molecule has 0 N–H and O–H groups in total. The molecule has 2 nitrogen and oxygen atoms in total. The lowest BCUT2D eigenvalue weighted by atomic mass is 10.2. The monoisotopic (exact) mass is 225 g/mol. The van der Waals surface area contributed by atoms with Crippen LogP contribution in [0.15, 0.2) is 6.07 Å². The van der Waals surface area contributed by atoms with E-state index in [0.29, 0.717) is 12.1 Å². The van der Waals surface area contributed by atoms with E-state index in [1.807, 2.05) is 0 Å². The van der Waals surface area contributed by atoms with Crippen LogP contribution < -0.4 is 4.57 Å². The highest BCUT2D eigenvalue weighted by molar-refractivity contribution is 7.71. The Morgan fingerprint density at radius 2 is 1.73 bits per heavy atom. The van der Waals surface area contributed by atoms with Crippen molar-refractivity contribution < 1.29 is 4.57 Å². The Bertz CT molecular complexity index is 381. The van der Waals surface area contributed by atoms with Crippen LogP contribution in [0.5, 0.6) is 0 Å². The van der Waals surface area contributed by atoms with Crippen molar-refractivity contribution in [3.8, 4) is 0 Å². The summed E-state index contributed by atoms with van der Waals surface area (Å²) in [7, 11) is 0. The molecule has 0 fully saturated rings. The number of rotatable bonds is 2. The molecule has 1 rings (SSSR count). The first-order valence-corrected chi connectivity index (χ1v) is 5.91. The summed E-state index contributed by atoms with van der Waals surface area (Å²) in [6, 6.07) is 3.04. The third-order valence-electron chi connectivity index (χ3n) is 2.62. The maximum atomic E-state index is 5.55. The summed E-state index contributed by atoms with van der Waals surface area (Å²) < 4.78 is 5.35. The Labute approximate surface area is 97.6 Å². The van der Waals surface area contributed by atoms with Gasteiger partial charge in [0.2, 0.25) is 0 Å². The molecular weight excluding hydrogens is 204 g/mol. The van der Waals surface area contributed by atoms with Gasteiger partial charge in [-0.25, -0.2) is 9.13 Å². The topological polar surface area (TPSA) is 8.81 Å². The standard InChI is InChI=1S/C12H21N2S/c1-8(2)13-10(5)7-11(6)14(9(3)4)12(13)15/h7-9H,1-6H3/q+1. The Morgan fingerprint density at radius 1 is 1.20 bits per heavy atom. The van der Waals surface area contributed by atoms with E-state index in [2.05, 4.69) is 56.7 Å². The van der Waals surface area contributed by atoms with E-state index < -0.39 is 0 Å². The van der Waals surface area contributed by atoms with Crippen LogP contribution in [-0.4, -0.2) is 4.57 Å². The summed E-state index contributed by atoms with van der Waals surface area (Å²) in [6.07, 6.45) is 0. The van der Waals surface area contributed by atoms with Gasteiger partial charge in [0.25, 0.3) is 0 Å². The molecular formula is C12H21N2S+. The van der Waals surface area contributed by atoms with Gasteiger partial charge in [0.1, 0.15) is 11.4 Å². The number of nitrogens with zero attached hydrogens (tertiary/aromatic N) is 2. The van der Waals surface area contributed by atoms with Gasteiger partial charge in [-0.1, -0.05) is 0 Å². The summed E-state index contributed by atoms with van der Waals surface area (Å²) in [5.74, 6) is 0. The van der Waals surface area contributed by atoms with Gasteiger partial charge in [0, 0.05) is 18.3 Å². The van der Waals surface area contributed by atoms with Gasteiger partial charge in [-0.15, -0.1) is 0 Å². The van der Waals surface area contributed by atoms with Crippen LogP contribution >= 0.6 is 12.2 Å². The van der Waals surface area contributed by atoms with Gasteiger partial charge in [-0.05, 0) is 41.5 Å². The molecule has 0 spiro atoms. The zero-order chi connectivity index (χ0) is 11.7. The second-order valence-corrected chi connectivity index (χ2v) is 5.00. The van der Waals surface area contributed by atoms with E-state index in [9.17, 15) is 0 Å². The number of hydrogen-bond acceptors (Lipinski definition) is 1. The molecule has 15 heavy (non-hydrogen) atoms. The lowest BCUT2D eigenvalue weighted by Gasteiger charge is -2.14. The van der Waals surface area contributed by atoms with Gasteiger partial charge in [-0.2, -0.15) is 0 Å². The first-order chi connectivity index (χ1) is 6.86. The van der Waals surface area contributed by atoms with Gasteiger partial charge in [0.15, 0.2) is 0 Å². The molecule has 3 heteroatoms. The van der Waals surface area contributed by atoms with Crippen molar-refractivity contribution in [3.63, 3.8) is 0 Å². The first-order valence-electron chi connectivity index (χ1n) is 5.50. The van der Waals surface area contributed by atoms with Crippen molar-refractivity contribution in [1.82, 2.24) is 4.57 Å².